The Balaban J connectivity index is 1.50. The van der Waals surface area contributed by atoms with Crippen molar-refractivity contribution in [2.75, 3.05) is 11.1 Å². The summed E-state index contributed by atoms with van der Waals surface area (Å²) in [5.41, 5.74) is 0. The van der Waals surface area contributed by atoms with E-state index in [4.69, 9.17) is 11.6 Å². The van der Waals surface area contributed by atoms with E-state index in [9.17, 15) is 13.2 Å². The van der Waals surface area contributed by atoms with E-state index in [1.807, 2.05) is 12.1 Å². The van der Waals surface area contributed by atoms with Crippen molar-refractivity contribution in [1.82, 2.24) is 10.2 Å². The summed E-state index contributed by atoms with van der Waals surface area (Å²) < 4.78 is 24.7. The molecule has 0 fully saturated rings. The maximum Gasteiger partial charge on any atom is 0.227 e. The van der Waals surface area contributed by atoms with Gasteiger partial charge in [0.1, 0.15) is 10.8 Å². The van der Waals surface area contributed by atoms with Crippen molar-refractivity contribution in [2.24, 2.45) is 0 Å². The number of sulfone groups is 1. The monoisotopic (exact) mass is 453 g/mol. The topological polar surface area (TPSA) is 89.0 Å². The van der Waals surface area contributed by atoms with Gasteiger partial charge in [0.05, 0.1) is 4.90 Å². The lowest BCUT2D eigenvalue weighted by Gasteiger charge is -2.02. The molecule has 1 amide bonds. The maximum absolute atomic E-state index is 12.4. The molecular formula is C18H16ClN3O3S3. The summed E-state index contributed by atoms with van der Waals surface area (Å²) in [4.78, 5) is 13.3. The lowest BCUT2D eigenvalue weighted by atomic mass is 10.4. The minimum absolute atomic E-state index is 0.199. The van der Waals surface area contributed by atoms with Crippen molar-refractivity contribution in [3.05, 3.63) is 64.6 Å². The van der Waals surface area contributed by atoms with E-state index in [2.05, 4.69) is 15.5 Å². The van der Waals surface area contributed by atoms with Crippen LogP contribution in [0, 0.1) is 0 Å². The van der Waals surface area contributed by atoms with Crippen LogP contribution in [-0.2, 0) is 20.4 Å². The number of nitrogens with zero attached hydrogens (tertiary/aromatic N) is 2. The fourth-order valence-corrected chi connectivity index (χ4v) is 5.56. The maximum atomic E-state index is 12.4. The zero-order valence-corrected chi connectivity index (χ0v) is 17.7. The minimum Gasteiger partial charge on any atom is -0.301 e. The van der Waals surface area contributed by atoms with Crippen molar-refractivity contribution < 1.29 is 13.2 Å². The van der Waals surface area contributed by atoms with Crippen LogP contribution in [0.1, 0.15) is 11.4 Å². The molecule has 0 saturated heterocycles. The number of amides is 1. The number of nitrogens with one attached hydrogen (secondary N) is 1. The molecule has 2 aromatic carbocycles. The van der Waals surface area contributed by atoms with Crippen molar-refractivity contribution >= 4 is 55.6 Å². The van der Waals surface area contributed by atoms with Gasteiger partial charge in [-0.25, -0.2) is 8.42 Å². The first-order valence-corrected chi connectivity index (χ1v) is 12.0. The zero-order valence-electron chi connectivity index (χ0n) is 14.5. The van der Waals surface area contributed by atoms with E-state index >= 15 is 0 Å². The first-order valence-electron chi connectivity index (χ1n) is 8.21. The Morgan fingerprint density at radius 3 is 2.50 bits per heavy atom. The standard InChI is InChI=1S/C18H16ClN3O3S3/c19-13-6-8-14(9-7-13)26-11-10-16(23)20-18-22-21-17(27-18)12-28(24,25)15-4-2-1-3-5-15/h1-9H,10-12H2,(H,20,22,23). The molecular weight excluding hydrogens is 438 g/mol. The molecule has 1 heterocycles. The predicted molar refractivity (Wildman–Crippen MR) is 113 cm³/mol. The van der Waals surface area contributed by atoms with E-state index < -0.39 is 9.84 Å². The lowest BCUT2D eigenvalue weighted by Crippen LogP contribution is -2.11. The highest BCUT2D eigenvalue weighted by Gasteiger charge is 2.18. The van der Waals surface area contributed by atoms with E-state index in [0.29, 0.717) is 27.3 Å². The molecule has 1 aromatic heterocycles. The largest absolute Gasteiger partial charge is 0.301 e. The van der Waals surface area contributed by atoms with E-state index in [0.717, 1.165) is 16.2 Å². The van der Waals surface area contributed by atoms with Gasteiger partial charge in [-0.2, -0.15) is 0 Å². The molecule has 6 nitrogen and oxygen atoms in total. The molecule has 0 atom stereocenters. The summed E-state index contributed by atoms with van der Waals surface area (Å²) in [5, 5.41) is 11.7. The summed E-state index contributed by atoms with van der Waals surface area (Å²) in [5.74, 6) is 0.147. The normalized spacial score (nSPS) is 11.3. The molecule has 0 saturated carbocycles. The van der Waals surface area contributed by atoms with Gasteiger partial charge < -0.3 is 5.32 Å². The van der Waals surface area contributed by atoms with Gasteiger partial charge in [0, 0.05) is 22.1 Å². The van der Waals surface area contributed by atoms with E-state index in [-0.39, 0.29) is 16.6 Å². The smallest absolute Gasteiger partial charge is 0.227 e. The van der Waals surface area contributed by atoms with Crippen molar-refractivity contribution in [1.29, 1.82) is 0 Å². The number of halogens is 1. The summed E-state index contributed by atoms with van der Waals surface area (Å²) >= 11 is 8.45. The van der Waals surface area contributed by atoms with E-state index in [1.54, 1.807) is 42.1 Å². The van der Waals surface area contributed by atoms with Crippen molar-refractivity contribution in [3.8, 4) is 0 Å². The van der Waals surface area contributed by atoms with E-state index in [1.165, 1.54) is 12.1 Å². The molecule has 0 aliphatic carbocycles. The number of hydrogen-bond acceptors (Lipinski definition) is 7. The molecule has 0 radical (unpaired) electrons. The highest BCUT2D eigenvalue weighted by atomic mass is 35.5. The number of carbonyl (C=O) groups is 1. The second-order valence-corrected chi connectivity index (χ2v) is 10.3. The number of thioether (sulfide) groups is 1. The van der Waals surface area contributed by atoms with Gasteiger partial charge in [0.25, 0.3) is 0 Å². The van der Waals surface area contributed by atoms with Crippen molar-refractivity contribution in [3.63, 3.8) is 0 Å². The number of anilines is 1. The van der Waals surface area contributed by atoms with Gasteiger partial charge in [-0.3, -0.25) is 4.79 Å². The molecule has 0 spiro atoms. The Morgan fingerprint density at radius 2 is 1.79 bits per heavy atom. The molecule has 1 N–H and O–H groups in total. The minimum atomic E-state index is -3.49. The van der Waals surface area contributed by atoms with Crippen LogP contribution in [0.2, 0.25) is 5.02 Å². The average Bonchev–Trinajstić information content (AvgIpc) is 3.10. The van der Waals surface area contributed by atoms with Gasteiger partial charge in [0.15, 0.2) is 9.84 Å². The predicted octanol–water partition coefficient (Wildman–Crippen LogP) is 4.29. The van der Waals surface area contributed by atoms with Crippen LogP contribution in [0.5, 0.6) is 0 Å². The van der Waals surface area contributed by atoms with Crippen LogP contribution in [0.4, 0.5) is 5.13 Å². The highest BCUT2D eigenvalue weighted by Crippen LogP contribution is 2.23. The van der Waals surface area contributed by atoms with Crippen LogP contribution in [-0.4, -0.2) is 30.3 Å². The molecule has 3 rings (SSSR count). The molecule has 28 heavy (non-hydrogen) atoms. The molecule has 0 aliphatic rings. The molecule has 0 unspecified atom stereocenters. The average molecular weight is 454 g/mol. The molecule has 146 valence electrons. The zero-order chi connectivity index (χ0) is 20.0. The quantitative estimate of drug-likeness (QED) is 0.512. The summed E-state index contributed by atoms with van der Waals surface area (Å²) in [7, 11) is -3.49. The fourth-order valence-electron chi connectivity index (χ4n) is 2.21. The first-order chi connectivity index (χ1) is 13.4. The van der Waals surface area contributed by atoms with Gasteiger partial charge in [-0.05, 0) is 36.4 Å². The van der Waals surface area contributed by atoms with Gasteiger partial charge >= 0.3 is 0 Å². The number of carbonyl (C=O) groups excluding carboxylic acids is 1. The Hall–Kier alpha value is -1.94. The second-order valence-electron chi connectivity index (χ2n) is 5.67. The third kappa shape index (κ3) is 6.03. The lowest BCUT2D eigenvalue weighted by molar-refractivity contribution is -0.115. The molecule has 3 aromatic rings. The van der Waals surface area contributed by atoms with Gasteiger partial charge in [-0.1, -0.05) is 41.1 Å². The third-order valence-electron chi connectivity index (χ3n) is 3.54. The SMILES string of the molecule is O=C(CCSc1ccc(Cl)cc1)Nc1nnc(CS(=O)(=O)c2ccccc2)s1. The third-order valence-corrected chi connectivity index (χ3v) is 7.47. The number of benzene rings is 2. The summed E-state index contributed by atoms with van der Waals surface area (Å²) in [6.07, 6.45) is 0.296. The number of aromatic nitrogens is 2. The van der Waals surface area contributed by atoms with Crippen LogP contribution in [0.25, 0.3) is 0 Å². The van der Waals surface area contributed by atoms with Crippen LogP contribution < -0.4 is 5.32 Å². The number of rotatable bonds is 8. The van der Waals surface area contributed by atoms with Crippen LogP contribution in [0.3, 0.4) is 0 Å². The van der Waals surface area contributed by atoms with Gasteiger partial charge in [-0.15, -0.1) is 22.0 Å². The van der Waals surface area contributed by atoms with Gasteiger partial charge in [0.2, 0.25) is 11.0 Å². The Bertz CT molecular complexity index is 1040. The second kappa shape index (κ2) is 9.51. The number of hydrogen-bond donors (Lipinski definition) is 1. The molecule has 10 heteroatoms. The van der Waals surface area contributed by atoms with Crippen LogP contribution in [0.15, 0.2) is 64.4 Å². The summed E-state index contributed by atoms with van der Waals surface area (Å²) in [6.45, 7) is 0. The van der Waals surface area contributed by atoms with Crippen molar-refractivity contribution in [2.45, 2.75) is 22.0 Å². The Kier molecular flexibility index (Phi) is 7.06. The highest BCUT2D eigenvalue weighted by molar-refractivity contribution is 7.99. The Labute approximate surface area is 176 Å². The molecule has 0 bridgehead atoms. The first kappa shape index (κ1) is 20.8. The van der Waals surface area contributed by atoms with Crippen LogP contribution >= 0.6 is 34.7 Å². The summed E-state index contributed by atoms with van der Waals surface area (Å²) in [6, 6.07) is 15.6. The molecule has 0 aliphatic heterocycles. The Morgan fingerprint density at radius 1 is 1.07 bits per heavy atom. The fraction of sp³-hybridized carbons (Fsp3) is 0.167.